The molecule has 2 unspecified atom stereocenters. The Kier molecular flexibility index (Phi) is 3.90. The first-order valence-corrected chi connectivity index (χ1v) is 7.28. The van der Waals surface area contributed by atoms with E-state index in [1.54, 1.807) is 0 Å². The van der Waals surface area contributed by atoms with Crippen molar-refractivity contribution in [3.63, 3.8) is 0 Å². The summed E-state index contributed by atoms with van der Waals surface area (Å²) in [6, 6.07) is 13.6. The number of benzene rings is 2. The van der Waals surface area contributed by atoms with E-state index in [1.165, 1.54) is 0 Å². The normalized spacial score (nSPS) is 17.6. The number of hydrogen-bond donors (Lipinski definition) is 3. The van der Waals surface area contributed by atoms with Gasteiger partial charge in [-0.05, 0) is 35.2 Å². The SMILES string of the molecule is O=C(O)CC(NC1CC1)C(O)c1ccc2ccccc2c1. The fourth-order valence-electron chi connectivity index (χ4n) is 2.63. The molecular formula is C17H19NO3. The highest BCUT2D eigenvalue weighted by atomic mass is 16.4. The predicted molar refractivity (Wildman–Crippen MR) is 81.1 cm³/mol. The van der Waals surface area contributed by atoms with Crippen molar-refractivity contribution >= 4 is 16.7 Å². The molecule has 21 heavy (non-hydrogen) atoms. The summed E-state index contributed by atoms with van der Waals surface area (Å²) in [5.41, 5.74) is 0.758. The number of rotatable bonds is 6. The second-order valence-corrected chi connectivity index (χ2v) is 5.70. The third-order valence-electron chi connectivity index (χ3n) is 3.92. The minimum Gasteiger partial charge on any atom is -0.481 e. The molecule has 0 heterocycles. The van der Waals surface area contributed by atoms with Gasteiger partial charge in [-0.15, -0.1) is 0 Å². The zero-order chi connectivity index (χ0) is 14.8. The van der Waals surface area contributed by atoms with E-state index in [-0.39, 0.29) is 6.42 Å². The third-order valence-corrected chi connectivity index (χ3v) is 3.92. The summed E-state index contributed by atoms with van der Waals surface area (Å²) < 4.78 is 0. The van der Waals surface area contributed by atoms with Gasteiger partial charge in [0.1, 0.15) is 0 Å². The highest BCUT2D eigenvalue weighted by Gasteiger charge is 2.30. The molecule has 0 aromatic heterocycles. The molecule has 0 spiro atoms. The fourth-order valence-corrected chi connectivity index (χ4v) is 2.63. The highest BCUT2D eigenvalue weighted by molar-refractivity contribution is 5.83. The second kappa shape index (κ2) is 5.84. The van der Waals surface area contributed by atoms with Crippen LogP contribution in [0.2, 0.25) is 0 Å². The molecule has 1 saturated carbocycles. The molecule has 1 aliphatic carbocycles. The highest BCUT2D eigenvalue weighted by Crippen LogP contribution is 2.27. The number of aliphatic hydroxyl groups is 1. The lowest BCUT2D eigenvalue weighted by atomic mass is 9.97. The summed E-state index contributed by atoms with van der Waals surface area (Å²) in [7, 11) is 0. The van der Waals surface area contributed by atoms with Crippen LogP contribution >= 0.6 is 0 Å². The van der Waals surface area contributed by atoms with Gasteiger partial charge >= 0.3 is 5.97 Å². The van der Waals surface area contributed by atoms with Gasteiger partial charge in [-0.25, -0.2) is 0 Å². The maximum Gasteiger partial charge on any atom is 0.305 e. The van der Waals surface area contributed by atoms with E-state index in [1.807, 2.05) is 42.5 Å². The van der Waals surface area contributed by atoms with Crippen molar-refractivity contribution in [3.8, 4) is 0 Å². The molecule has 2 atom stereocenters. The van der Waals surface area contributed by atoms with Gasteiger partial charge in [0.2, 0.25) is 0 Å². The fraction of sp³-hybridized carbons (Fsp3) is 0.353. The van der Waals surface area contributed by atoms with Gasteiger partial charge in [0.15, 0.2) is 0 Å². The molecule has 0 saturated heterocycles. The van der Waals surface area contributed by atoms with Crippen LogP contribution in [0.15, 0.2) is 42.5 Å². The van der Waals surface area contributed by atoms with Crippen LogP contribution in [0, 0.1) is 0 Å². The minimum absolute atomic E-state index is 0.0789. The van der Waals surface area contributed by atoms with E-state index >= 15 is 0 Å². The summed E-state index contributed by atoms with van der Waals surface area (Å²) in [6.07, 6.45) is 1.22. The summed E-state index contributed by atoms with van der Waals surface area (Å²) in [5.74, 6) is -0.895. The standard InChI is InChI=1S/C17H19NO3/c19-16(20)10-15(18-14-7-8-14)17(21)13-6-5-11-3-1-2-4-12(11)9-13/h1-6,9,14-15,17-18,21H,7-8,10H2,(H,19,20). The number of aliphatic carboxylic acids is 1. The molecule has 0 amide bonds. The van der Waals surface area contributed by atoms with Gasteiger partial charge < -0.3 is 15.5 Å². The number of carboxylic acids is 1. The Morgan fingerprint density at radius 3 is 2.57 bits per heavy atom. The summed E-state index contributed by atoms with van der Waals surface area (Å²) in [4.78, 5) is 11.0. The zero-order valence-corrected chi connectivity index (χ0v) is 11.7. The predicted octanol–water partition coefficient (Wildman–Crippen LogP) is 2.47. The number of aliphatic hydroxyl groups excluding tert-OH is 1. The lowest BCUT2D eigenvalue weighted by Crippen LogP contribution is -2.38. The maximum atomic E-state index is 11.0. The Morgan fingerprint density at radius 1 is 1.19 bits per heavy atom. The molecular weight excluding hydrogens is 266 g/mol. The first-order valence-electron chi connectivity index (χ1n) is 7.28. The topological polar surface area (TPSA) is 69.6 Å². The minimum atomic E-state index is -0.895. The van der Waals surface area contributed by atoms with Gasteiger partial charge in [-0.3, -0.25) is 4.79 Å². The lowest BCUT2D eigenvalue weighted by molar-refractivity contribution is -0.138. The van der Waals surface area contributed by atoms with Crippen LogP contribution in [0.3, 0.4) is 0 Å². The Bertz CT molecular complexity index is 651. The smallest absolute Gasteiger partial charge is 0.305 e. The Labute approximate surface area is 123 Å². The van der Waals surface area contributed by atoms with Crippen LogP contribution in [0.4, 0.5) is 0 Å². The van der Waals surface area contributed by atoms with Crippen molar-refractivity contribution in [2.45, 2.75) is 37.5 Å². The number of hydrogen-bond acceptors (Lipinski definition) is 3. The van der Waals surface area contributed by atoms with Crippen molar-refractivity contribution in [2.75, 3.05) is 0 Å². The molecule has 0 bridgehead atoms. The quantitative estimate of drug-likeness (QED) is 0.762. The van der Waals surface area contributed by atoms with Gasteiger partial charge in [0, 0.05) is 12.1 Å². The molecule has 2 aromatic rings. The summed E-state index contributed by atoms with van der Waals surface area (Å²) in [5, 5.41) is 25.0. The molecule has 3 N–H and O–H groups in total. The van der Waals surface area contributed by atoms with E-state index in [9.17, 15) is 9.90 Å². The molecule has 1 aliphatic rings. The number of fused-ring (bicyclic) bond motifs is 1. The van der Waals surface area contributed by atoms with Crippen molar-refractivity contribution in [1.82, 2.24) is 5.32 Å². The van der Waals surface area contributed by atoms with Crippen LogP contribution in [0.5, 0.6) is 0 Å². The Hall–Kier alpha value is -1.91. The van der Waals surface area contributed by atoms with Crippen molar-refractivity contribution in [3.05, 3.63) is 48.0 Å². The van der Waals surface area contributed by atoms with Crippen LogP contribution < -0.4 is 5.32 Å². The monoisotopic (exact) mass is 285 g/mol. The number of carboxylic acid groups (broad SMARTS) is 1. The average molecular weight is 285 g/mol. The third kappa shape index (κ3) is 3.40. The second-order valence-electron chi connectivity index (χ2n) is 5.70. The molecule has 1 fully saturated rings. The van der Waals surface area contributed by atoms with Crippen molar-refractivity contribution in [1.29, 1.82) is 0 Å². The molecule has 0 radical (unpaired) electrons. The van der Waals surface area contributed by atoms with Crippen LogP contribution in [0.1, 0.15) is 30.9 Å². The average Bonchev–Trinajstić information content (AvgIpc) is 3.29. The lowest BCUT2D eigenvalue weighted by Gasteiger charge is -2.23. The number of nitrogens with one attached hydrogen (secondary N) is 1. The Balaban J connectivity index is 1.84. The maximum absolute atomic E-state index is 11.0. The molecule has 3 rings (SSSR count). The molecule has 2 aromatic carbocycles. The van der Waals surface area contributed by atoms with E-state index in [0.717, 1.165) is 29.2 Å². The van der Waals surface area contributed by atoms with E-state index in [4.69, 9.17) is 5.11 Å². The van der Waals surface area contributed by atoms with Crippen LogP contribution in [-0.2, 0) is 4.79 Å². The number of carbonyl (C=O) groups is 1. The van der Waals surface area contributed by atoms with E-state index in [0.29, 0.717) is 6.04 Å². The van der Waals surface area contributed by atoms with Gasteiger partial charge in [-0.2, -0.15) is 0 Å². The van der Waals surface area contributed by atoms with Crippen LogP contribution in [0.25, 0.3) is 10.8 Å². The van der Waals surface area contributed by atoms with Crippen LogP contribution in [-0.4, -0.2) is 28.3 Å². The molecule has 4 heteroatoms. The summed E-state index contributed by atoms with van der Waals surface area (Å²) in [6.45, 7) is 0. The summed E-state index contributed by atoms with van der Waals surface area (Å²) >= 11 is 0. The van der Waals surface area contributed by atoms with Gasteiger partial charge in [0.25, 0.3) is 0 Å². The molecule has 4 nitrogen and oxygen atoms in total. The zero-order valence-electron chi connectivity index (χ0n) is 11.7. The first-order chi connectivity index (χ1) is 10.1. The first kappa shape index (κ1) is 14.0. The molecule has 0 aliphatic heterocycles. The van der Waals surface area contributed by atoms with Crippen molar-refractivity contribution in [2.24, 2.45) is 0 Å². The molecule has 110 valence electrons. The van der Waals surface area contributed by atoms with Crippen molar-refractivity contribution < 1.29 is 15.0 Å². The Morgan fingerprint density at radius 2 is 1.90 bits per heavy atom. The largest absolute Gasteiger partial charge is 0.481 e. The van der Waals surface area contributed by atoms with E-state index < -0.39 is 18.1 Å². The van der Waals surface area contributed by atoms with Gasteiger partial charge in [0.05, 0.1) is 12.5 Å². The van der Waals surface area contributed by atoms with E-state index in [2.05, 4.69) is 5.32 Å². The van der Waals surface area contributed by atoms with Gasteiger partial charge in [-0.1, -0.05) is 36.4 Å².